The highest BCUT2D eigenvalue weighted by Crippen LogP contribution is 2.23. The molecule has 3 rings (SSSR count). The number of hydrogen-bond donors (Lipinski definition) is 0. The zero-order chi connectivity index (χ0) is 16.2. The van der Waals surface area contributed by atoms with E-state index in [-0.39, 0.29) is 5.97 Å². The zero-order valence-corrected chi connectivity index (χ0v) is 13.8. The number of ether oxygens (including phenoxy) is 1. The van der Waals surface area contributed by atoms with Crippen LogP contribution in [-0.2, 0) is 11.3 Å². The monoisotopic (exact) mass is 327 g/mol. The van der Waals surface area contributed by atoms with Crippen molar-refractivity contribution in [3.63, 3.8) is 0 Å². The Balaban J connectivity index is 1.73. The fourth-order valence-electron chi connectivity index (χ4n) is 2.23. The predicted octanol–water partition coefficient (Wildman–Crippen LogP) is 3.54. The van der Waals surface area contributed by atoms with Gasteiger partial charge in [-0.1, -0.05) is 23.8 Å². The highest BCUT2D eigenvalue weighted by atomic mass is 32.1. The number of aryl methyl sites for hydroxylation is 1. The summed E-state index contributed by atoms with van der Waals surface area (Å²) in [7, 11) is 0. The van der Waals surface area contributed by atoms with E-state index in [9.17, 15) is 4.79 Å². The van der Waals surface area contributed by atoms with Crippen molar-refractivity contribution in [2.24, 2.45) is 0 Å². The van der Waals surface area contributed by atoms with Crippen LogP contribution in [0.15, 0.2) is 42.0 Å². The van der Waals surface area contributed by atoms with E-state index in [1.54, 1.807) is 29.1 Å². The van der Waals surface area contributed by atoms with Gasteiger partial charge in [-0.05, 0) is 19.9 Å². The number of rotatable bonds is 5. The molecule has 0 aliphatic carbocycles. The van der Waals surface area contributed by atoms with Crippen molar-refractivity contribution in [2.45, 2.75) is 20.4 Å². The number of benzene rings is 1. The van der Waals surface area contributed by atoms with E-state index in [4.69, 9.17) is 4.74 Å². The molecule has 0 N–H and O–H groups in total. The molecule has 0 aliphatic heterocycles. The standard InChI is InChI=1S/C17H17N3O2S/c1-3-22-17(21)14-8-18-20(9-14)10-16-19-15(11-23-16)13-6-4-5-12(2)7-13/h4-9,11H,3,10H2,1-2H3. The fraction of sp³-hybridized carbons (Fsp3) is 0.235. The lowest BCUT2D eigenvalue weighted by molar-refractivity contribution is 0.0526. The molecule has 0 fully saturated rings. The van der Waals surface area contributed by atoms with Gasteiger partial charge in [-0.15, -0.1) is 11.3 Å². The minimum absolute atomic E-state index is 0.349. The first kappa shape index (κ1) is 15.4. The van der Waals surface area contributed by atoms with Crippen LogP contribution in [-0.4, -0.2) is 27.3 Å². The lowest BCUT2D eigenvalue weighted by Crippen LogP contribution is -2.04. The van der Waals surface area contributed by atoms with Crippen LogP contribution in [0.25, 0.3) is 11.3 Å². The average molecular weight is 327 g/mol. The van der Waals surface area contributed by atoms with E-state index in [1.165, 1.54) is 11.8 Å². The Labute approximate surface area is 138 Å². The molecule has 2 aromatic heterocycles. The minimum Gasteiger partial charge on any atom is -0.462 e. The molecule has 0 bridgehead atoms. The van der Waals surface area contributed by atoms with Crippen molar-refractivity contribution in [1.29, 1.82) is 0 Å². The van der Waals surface area contributed by atoms with E-state index in [0.717, 1.165) is 16.3 Å². The van der Waals surface area contributed by atoms with Crippen LogP contribution < -0.4 is 0 Å². The lowest BCUT2D eigenvalue weighted by atomic mass is 10.1. The van der Waals surface area contributed by atoms with Gasteiger partial charge in [-0.2, -0.15) is 5.10 Å². The molecule has 3 aromatic rings. The van der Waals surface area contributed by atoms with Gasteiger partial charge in [0.2, 0.25) is 0 Å². The Bertz CT molecular complexity index is 823. The number of nitrogens with zero attached hydrogens (tertiary/aromatic N) is 3. The first-order valence-corrected chi connectivity index (χ1v) is 8.24. The molecule has 2 heterocycles. The van der Waals surface area contributed by atoms with Crippen LogP contribution in [0.4, 0.5) is 0 Å². The molecule has 0 amide bonds. The summed E-state index contributed by atoms with van der Waals surface area (Å²) in [5, 5.41) is 7.18. The lowest BCUT2D eigenvalue weighted by Gasteiger charge is -1.99. The van der Waals surface area contributed by atoms with Gasteiger partial charge in [0.15, 0.2) is 0 Å². The number of carbonyl (C=O) groups excluding carboxylic acids is 1. The normalized spacial score (nSPS) is 10.7. The third-order valence-corrected chi connectivity index (χ3v) is 4.14. The molecule has 23 heavy (non-hydrogen) atoms. The number of aromatic nitrogens is 3. The van der Waals surface area contributed by atoms with Gasteiger partial charge in [0.05, 0.1) is 30.6 Å². The molecule has 0 saturated heterocycles. The molecule has 0 aliphatic rings. The van der Waals surface area contributed by atoms with Crippen LogP contribution in [0, 0.1) is 6.92 Å². The van der Waals surface area contributed by atoms with E-state index >= 15 is 0 Å². The van der Waals surface area contributed by atoms with Gasteiger partial charge in [0, 0.05) is 17.1 Å². The average Bonchev–Trinajstić information content (AvgIpc) is 3.17. The van der Waals surface area contributed by atoms with E-state index < -0.39 is 0 Å². The van der Waals surface area contributed by atoms with Gasteiger partial charge in [0.25, 0.3) is 0 Å². The van der Waals surface area contributed by atoms with Crippen LogP contribution in [0.3, 0.4) is 0 Å². The highest BCUT2D eigenvalue weighted by Gasteiger charge is 2.11. The van der Waals surface area contributed by atoms with E-state index in [1.807, 2.05) is 11.4 Å². The fourth-order valence-corrected chi connectivity index (χ4v) is 3.02. The Morgan fingerprint density at radius 3 is 3.04 bits per heavy atom. The maximum absolute atomic E-state index is 11.6. The largest absolute Gasteiger partial charge is 0.462 e. The van der Waals surface area contributed by atoms with Gasteiger partial charge < -0.3 is 4.74 Å². The van der Waals surface area contributed by atoms with Crippen LogP contribution in [0.5, 0.6) is 0 Å². The summed E-state index contributed by atoms with van der Waals surface area (Å²) in [6.45, 7) is 4.74. The first-order chi connectivity index (χ1) is 11.2. The zero-order valence-electron chi connectivity index (χ0n) is 13.0. The number of thiazole rings is 1. The molecule has 118 valence electrons. The molecular formula is C17H17N3O2S. The van der Waals surface area contributed by atoms with Crippen LogP contribution >= 0.6 is 11.3 Å². The maximum atomic E-state index is 11.6. The predicted molar refractivity (Wildman–Crippen MR) is 89.6 cm³/mol. The van der Waals surface area contributed by atoms with Crippen molar-refractivity contribution in [2.75, 3.05) is 6.61 Å². The second-order valence-electron chi connectivity index (χ2n) is 5.14. The summed E-state index contributed by atoms with van der Waals surface area (Å²) >= 11 is 1.58. The van der Waals surface area contributed by atoms with Crippen molar-refractivity contribution < 1.29 is 9.53 Å². The molecule has 5 nitrogen and oxygen atoms in total. The molecule has 0 spiro atoms. The molecule has 0 atom stereocenters. The second-order valence-corrected chi connectivity index (χ2v) is 6.09. The Morgan fingerprint density at radius 1 is 1.39 bits per heavy atom. The summed E-state index contributed by atoms with van der Waals surface area (Å²) in [5.41, 5.74) is 3.75. The Hall–Kier alpha value is -2.47. The molecule has 6 heteroatoms. The van der Waals surface area contributed by atoms with Crippen molar-refractivity contribution in [3.05, 3.63) is 58.2 Å². The maximum Gasteiger partial charge on any atom is 0.341 e. The molecule has 1 aromatic carbocycles. The van der Waals surface area contributed by atoms with E-state index in [2.05, 4.69) is 35.2 Å². The second kappa shape index (κ2) is 6.75. The molecule has 0 saturated carbocycles. The minimum atomic E-state index is -0.349. The summed E-state index contributed by atoms with van der Waals surface area (Å²) in [6, 6.07) is 8.27. The van der Waals surface area contributed by atoms with Crippen molar-refractivity contribution in [3.8, 4) is 11.3 Å². The van der Waals surface area contributed by atoms with Gasteiger partial charge in [0.1, 0.15) is 5.01 Å². The van der Waals surface area contributed by atoms with Crippen LogP contribution in [0.1, 0.15) is 27.9 Å². The number of carbonyl (C=O) groups is 1. The Morgan fingerprint density at radius 2 is 2.26 bits per heavy atom. The highest BCUT2D eigenvalue weighted by molar-refractivity contribution is 7.09. The quantitative estimate of drug-likeness (QED) is 0.673. The number of esters is 1. The summed E-state index contributed by atoms with van der Waals surface area (Å²) in [5.74, 6) is -0.349. The van der Waals surface area contributed by atoms with Gasteiger partial charge >= 0.3 is 5.97 Å². The molecule has 0 radical (unpaired) electrons. The summed E-state index contributed by atoms with van der Waals surface area (Å²) < 4.78 is 6.66. The topological polar surface area (TPSA) is 57.0 Å². The van der Waals surface area contributed by atoms with Gasteiger partial charge in [-0.3, -0.25) is 4.68 Å². The molecular weight excluding hydrogens is 310 g/mol. The van der Waals surface area contributed by atoms with Crippen molar-refractivity contribution in [1.82, 2.24) is 14.8 Å². The SMILES string of the molecule is CCOC(=O)c1cnn(Cc2nc(-c3cccc(C)c3)cs2)c1. The first-order valence-electron chi connectivity index (χ1n) is 7.36. The third-order valence-electron chi connectivity index (χ3n) is 3.31. The van der Waals surface area contributed by atoms with Crippen molar-refractivity contribution >= 4 is 17.3 Å². The smallest absolute Gasteiger partial charge is 0.341 e. The van der Waals surface area contributed by atoms with Crippen LogP contribution in [0.2, 0.25) is 0 Å². The van der Waals surface area contributed by atoms with E-state index in [0.29, 0.717) is 18.7 Å². The summed E-state index contributed by atoms with van der Waals surface area (Å²) in [4.78, 5) is 16.3. The van der Waals surface area contributed by atoms with Gasteiger partial charge in [-0.25, -0.2) is 9.78 Å². The summed E-state index contributed by atoms with van der Waals surface area (Å²) in [6.07, 6.45) is 3.21. The Kier molecular flexibility index (Phi) is 4.52. The number of hydrogen-bond acceptors (Lipinski definition) is 5. The third kappa shape index (κ3) is 3.65. The molecule has 0 unspecified atom stereocenters.